The first-order chi connectivity index (χ1) is 19.0. The van der Waals surface area contributed by atoms with Gasteiger partial charge in [0.25, 0.3) is 20.0 Å². The number of carbonyl (C=O) groups excluding carboxylic acids is 1. The van der Waals surface area contributed by atoms with Crippen LogP contribution in [-0.2, 0) is 24.8 Å². The number of halogens is 1. The normalized spacial score (nSPS) is 11.5. The van der Waals surface area contributed by atoms with E-state index >= 15 is 0 Å². The number of ether oxygens (including phenoxy) is 1. The number of hydrogen-bond donors (Lipinski definition) is 2. The summed E-state index contributed by atoms with van der Waals surface area (Å²) >= 11 is 3.30. The fraction of sp³-hybridized carbons (Fsp3) is 0.107. The number of methoxy groups -OCH3 is 1. The highest BCUT2D eigenvalue weighted by atomic mass is 79.9. The smallest absolute Gasteiger partial charge is 0.264 e. The Balaban J connectivity index is 1.55. The Labute approximate surface area is 242 Å². The molecule has 0 aliphatic heterocycles. The van der Waals surface area contributed by atoms with E-state index in [1.807, 2.05) is 6.92 Å². The second-order valence-corrected chi connectivity index (χ2v) is 13.1. The maximum Gasteiger partial charge on any atom is 0.264 e. The number of benzene rings is 4. The van der Waals surface area contributed by atoms with Crippen LogP contribution < -0.4 is 19.1 Å². The Morgan fingerprint density at radius 1 is 0.800 bits per heavy atom. The highest BCUT2D eigenvalue weighted by Crippen LogP contribution is 2.32. The molecule has 4 aromatic rings. The van der Waals surface area contributed by atoms with Crippen molar-refractivity contribution in [2.75, 3.05) is 28.0 Å². The number of sulfonamides is 2. The Bertz CT molecular complexity index is 1710. The van der Waals surface area contributed by atoms with E-state index in [1.165, 1.54) is 43.5 Å². The summed E-state index contributed by atoms with van der Waals surface area (Å²) < 4.78 is 62.4. The van der Waals surface area contributed by atoms with Gasteiger partial charge in [-0.2, -0.15) is 0 Å². The molecule has 0 radical (unpaired) electrons. The molecule has 2 N–H and O–H groups in total. The summed E-state index contributed by atoms with van der Waals surface area (Å²) in [6.07, 6.45) is 0. The number of nitrogens with zero attached hydrogens (tertiary/aromatic N) is 1. The van der Waals surface area contributed by atoms with E-state index < -0.39 is 32.5 Å². The fourth-order valence-corrected chi connectivity index (χ4v) is 6.51. The van der Waals surface area contributed by atoms with Gasteiger partial charge in [-0.25, -0.2) is 16.8 Å². The van der Waals surface area contributed by atoms with E-state index in [9.17, 15) is 21.6 Å². The Kier molecular flexibility index (Phi) is 8.82. The van der Waals surface area contributed by atoms with Gasteiger partial charge in [0.15, 0.2) is 0 Å². The van der Waals surface area contributed by atoms with E-state index in [1.54, 1.807) is 60.7 Å². The van der Waals surface area contributed by atoms with Gasteiger partial charge >= 0.3 is 0 Å². The van der Waals surface area contributed by atoms with Crippen molar-refractivity contribution < 1.29 is 26.4 Å². The number of nitrogens with one attached hydrogen (secondary N) is 2. The van der Waals surface area contributed by atoms with Crippen LogP contribution in [0, 0.1) is 6.92 Å². The summed E-state index contributed by atoms with van der Waals surface area (Å²) in [5.74, 6) is -0.357. The molecule has 0 aliphatic carbocycles. The summed E-state index contributed by atoms with van der Waals surface area (Å²) in [6.45, 7) is 1.29. The lowest BCUT2D eigenvalue weighted by Crippen LogP contribution is -2.38. The van der Waals surface area contributed by atoms with Gasteiger partial charge in [-0.05, 0) is 79.7 Å². The van der Waals surface area contributed by atoms with Crippen LogP contribution in [-0.4, -0.2) is 36.4 Å². The van der Waals surface area contributed by atoms with Gasteiger partial charge in [0.05, 0.1) is 22.6 Å². The van der Waals surface area contributed by atoms with Crippen LogP contribution in [0.2, 0.25) is 0 Å². The summed E-state index contributed by atoms with van der Waals surface area (Å²) in [7, 11) is -6.60. The lowest BCUT2D eigenvalue weighted by atomic mass is 10.2. The molecule has 0 spiro atoms. The minimum atomic E-state index is -4.15. The first-order valence-corrected chi connectivity index (χ1v) is 15.6. The average Bonchev–Trinajstić information content (AvgIpc) is 2.93. The number of carbonyl (C=O) groups is 1. The summed E-state index contributed by atoms with van der Waals surface area (Å²) in [5.41, 5.74) is 1.77. The first-order valence-electron chi connectivity index (χ1n) is 11.9. The Morgan fingerprint density at radius 2 is 1.38 bits per heavy atom. The van der Waals surface area contributed by atoms with Crippen LogP contribution in [0.1, 0.15) is 5.56 Å². The molecule has 0 aromatic heterocycles. The maximum atomic E-state index is 13.6. The summed E-state index contributed by atoms with van der Waals surface area (Å²) in [5, 5.41) is 2.64. The quantitative estimate of drug-likeness (QED) is 0.239. The van der Waals surface area contributed by atoms with E-state index in [0.29, 0.717) is 11.4 Å². The monoisotopic (exact) mass is 643 g/mol. The van der Waals surface area contributed by atoms with Crippen LogP contribution in [0.4, 0.5) is 17.1 Å². The zero-order chi connectivity index (χ0) is 28.9. The number of anilines is 3. The average molecular weight is 645 g/mol. The zero-order valence-corrected chi connectivity index (χ0v) is 24.8. The van der Waals surface area contributed by atoms with Crippen LogP contribution in [0.3, 0.4) is 0 Å². The topological polar surface area (TPSA) is 122 Å². The van der Waals surface area contributed by atoms with E-state index in [-0.39, 0.29) is 21.2 Å². The molecule has 0 fully saturated rings. The predicted octanol–water partition coefficient (Wildman–Crippen LogP) is 5.40. The molecular formula is C28H26BrN3O6S2. The second-order valence-electron chi connectivity index (χ2n) is 8.68. The molecule has 4 rings (SSSR count). The van der Waals surface area contributed by atoms with Crippen molar-refractivity contribution in [2.45, 2.75) is 16.7 Å². The van der Waals surface area contributed by atoms with Crippen LogP contribution in [0.25, 0.3) is 0 Å². The molecule has 12 heteroatoms. The van der Waals surface area contributed by atoms with Crippen molar-refractivity contribution in [3.05, 3.63) is 107 Å². The van der Waals surface area contributed by atoms with E-state index in [0.717, 1.165) is 14.3 Å². The molecule has 0 atom stereocenters. The summed E-state index contributed by atoms with van der Waals surface area (Å²) in [4.78, 5) is 13.1. The molecule has 0 aliphatic rings. The Morgan fingerprint density at radius 3 is 2.00 bits per heavy atom. The molecule has 40 heavy (non-hydrogen) atoms. The van der Waals surface area contributed by atoms with Crippen molar-refractivity contribution in [1.29, 1.82) is 0 Å². The maximum absolute atomic E-state index is 13.6. The third-order valence-electron chi connectivity index (χ3n) is 5.79. The molecule has 0 heterocycles. The molecule has 0 unspecified atom stereocenters. The molecule has 1 amide bonds. The van der Waals surface area contributed by atoms with Gasteiger partial charge in [0, 0.05) is 15.8 Å². The molecule has 0 bridgehead atoms. The van der Waals surface area contributed by atoms with Crippen molar-refractivity contribution in [2.24, 2.45) is 0 Å². The van der Waals surface area contributed by atoms with Crippen molar-refractivity contribution in [1.82, 2.24) is 0 Å². The first kappa shape index (κ1) is 29.1. The highest BCUT2D eigenvalue weighted by molar-refractivity contribution is 9.10. The van der Waals surface area contributed by atoms with Gasteiger partial charge in [-0.1, -0.05) is 45.8 Å². The number of rotatable bonds is 10. The Hall–Kier alpha value is -3.87. The van der Waals surface area contributed by atoms with Crippen LogP contribution in [0.15, 0.2) is 111 Å². The molecule has 9 nitrogen and oxygen atoms in total. The predicted molar refractivity (Wildman–Crippen MR) is 159 cm³/mol. The fourth-order valence-electron chi connectivity index (χ4n) is 3.75. The third-order valence-corrected chi connectivity index (χ3v) is 9.49. The highest BCUT2D eigenvalue weighted by Gasteiger charge is 2.29. The number of para-hydroxylation sites is 2. The molecular weight excluding hydrogens is 618 g/mol. The van der Waals surface area contributed by atoms with Crippen molar-refractivity contribution in [3.8, 4) is 5.75 Å². The minimum Gasteiger partial charge on any atom is -0.495 e. The molecule has 4 aromatic carbocycles. The van der Waals surface area contributed by atoms with E-state index in [2.05, 4.69) is 26.0 Å². The number of aryl methyl sites for hydroxylation is 1. The van der Waals surface area contributed by atoms with Crippen molar-refractivity contribution in [3.63, 3.8) is 0 Å². The minimum absolute atomic E-state index is 0.00832. The number of amides is 1. The lowest BCUT2D eigenvalue weighted by Gasteiger charge is -2.25. The molecule has 0 saturated carbocycles. The second kappa shape index (κ2) is 12.1. The largest absolute Gasteiger partial charge is 0.495 e. The van der Waals surface area contributed by atoms with Crippen LogP contribution >= 0.6 is 15.9 Å². The molecule has 0 saturated heterocycles. The number of hydrogen-bond acceptors (Lipinski definition) is 6. The molecule has 208 valence electrons. The third kappa shape index (κ3) is 6.82. The lowest BCUT2D eigenvalue weighted by molar-refractivity contribution is -0.114. The van der Waals surface area contributed by atoms with Gasteiger partial charge in [0.1, 0.15) is 12.3 Å². The van der Waals surface area contributed by atoms with Crippen molar-refractivity contribution >= 4 is 58.9 Å². The van der Waals surface area contributed by atoms with Gasteiger partial charge in [-0.15, -0.1) is 0 Å². The van der Waals surface area contributed by atoms with Gasteiger partial charge in [0.2, 0.25) is 5.91 Å². The summed E-state index contributed by atoms with van der Waals surface area (Å²) in [6, 6.07) is 25.0. The zero-order valence-electron chi connectivity index (χ0n) is 21.5. The van der Waals surface area contributed by atoms with Gasteiger partial charge < -0.3 is 10.1 Å². The standard InChI is InChI=1S/C28H26BrN3O6S2/c1-20-7-15-25(16-8-20)40(36,37)32(26-5-3-4-6-27(26)38-2)19-28(33)30-22-13-17-24(18-14-22)39(34,35)31-23-11-9-21(29)10-12-23/h3-18,31H,19H2,1-2H3,(H,30,33). The van der Waals surface area contributed by atoms with Crippen LogP contribution in [0.5, 0.6) is 5.75 Å². The van der Waals surface area contributed by atoms with Gasteiger partial charge in [-0.3, -0.25) is 13.8 Å². The van der Waals surface area contributed by atoms with E-state index in [4.69, 9.17) is 4.74 Å². The SMILES string of the molecule is COc1ccccc1N(CC(=O)Nc1ccc(S(=O)(=O)Nc2ccc(Br)cc2)cc1)S(=O)(=O)c1ccc(C)cc1.